The minimum absolute atomic E-state index is 0.0879. The Kier molecular flexibility index (Phi) is 10.7. The summed E-state index contributed by atoms with van der Waals surface area (Å²) in [6.07, 6.45) is 0. The minimum atomic E-state index is -0.201. The number of fused-ring (bicyclic) bond motifs is 11. The SMILES string of the molecule is Cc1cc(-c2cccc3c2C(C)(C)c2ccccc2-3)cc(C)c1N1c2cc(C(C)(C)C)ccc2B2c3cc4c5ccccc5n(-c5ccccc5)c4cc3N(c3cc4ccccc4cc3-c3ccccc3)c3cc(C(C)(C)C)cc1c32. The van der Waals surface area contributed by atoms with E-state index in [1.807, 2.05) is 0 Å². The quantitative estimate of drug-likeness (QED) is 0.159. The first kappa shape index (κ1) is 49.2. The highest BCUT2D eigenvalue weighted by Gasteiger charge is 2.46. The van der Waals surface area contributed by atoms with Gasteiger partial charge in [0.25, 0.3) is 6.71 Å². The van der Waals surface area contributed by atoms with E-state index in [0.717, 1.165) is 11.4 Å². The van der Waals surface area contributed by atoms with Gasteiger partial charge in [0, 0.05) is 50.2 Å². The average molecular weight is 1040 g/mol. The molecule has 0 saturated carbocycles. The molecule has 11 aromatic carbocycles. The second-order valence-corrected chi connectivity index (χ2v) is 25.9. The number of rotatable bonds is 5. The van der Waals surface area contributed by atoms with Crippen molar-refractivity contribution in [3.63, 3.8) is 0 Å². The molecule has 4 heteroatoms. The number of para-hydroxylation sites is 2. The van der Waals surface area contributed by atoms with Crippen LogP contribution >= 0.6 is 0 Å². The number of hydrogen-bond donors (Lipinski definition) is 0. The summed E-state index contributed by atoms with van der Waals surface area (Å²) < 4.78 is 2.49. The van der Waals surface area contributed by atoms with Crippen molar-refractivity contribution in [2.45, 2.75) is 85.5 Å². The van der Waals surface area contributed by atoms with Crippen molar-refractivity contribution >= 4 is 89.8 Å². The van der Waals surface area contributed by atoms with E-state index in [1.54, 1.807) is 0 Å². The van der Waals surface area contributed by atoms with Crippen LogP contribution in [-0.4, -0.2) is 11.3 Å². The van der Waals surface area contributed by atoms with E-state index < -0.39 is 0 Å². The van der Waals surface area contributed by atoms with E-state index in [4.69, 9.17) is 0 Å². The van der Waals surface area contributed by atoms with Gasteiger partial charge >= 0.3 is 0 Å². The van der Waals surface area contributed by atoms with E-state index in [-0.39, 0.29) is 23.0 Å². The van der Waals surface area contributed by atoms with Crippen molar-refractivity contribution in [3.05, 3.63) is 252 Å². The van der Waals surface area contributed by atoms with Gasteiger partial charge in [0.1, 0.15) is 0 Å². The highest BCUT2D eigenvalue weighted by molar-refractivity contribution is 7.00. The van der Waals surface area contributed by atoms with Gasteiger partial charge in [0.15, 0.2) is 0 Å². The molecule has 15 rings (SSSR count). The maximum atomic E-state index is 2.69. The molecule has 0 amide bonds. The molecular formula is C77H66BN3. The first-order valence-corrected chi connectivity index (χ1v) is 29.0. The van der Waals surface area contributed by atoms with Gasteiger partial charge in [0.2, 0.25) is 0 Å². The zero-order chi connectivity index (χ0) is 55.4. The summed E-state index contributed by atoms with van der Waals surface area (Å²) in [5.74, 6) is 0. The third-order valence-corrected chi connectivity index (χ3v) is 18.4. The molecule has 2 aliphatic heterocycles. The van der Waals surface area contributed by atoms with Crippen LogP contribution in [0.1, 0.15) is 88.8 Å². The fraction of sp³-hybridized carbons (Fsp3) is 0.169. The molecule has 0 fully saturated rings. The van der Waals surface area contributed by atoms with E-state index in [1.165, 1.54) is 144 Å². The number of aryl methyl sites for hydroxylation is 2. The number of aromatic nitrogens is 1. The summed E-state index contributed by atoms with van der Waals surface area (Å²) in [6, 6.07) is 83.4. The molecule has 0 spiro atoms. The summed E-state index contributed by atoms with van der Waals surface area (Å²) >= 11 is 0. The van der Waals surface area contributed by atoms with Crippen LogP contribution in [0.2, 0.25) is 0 Å². The monoisotopic (exact) mass is 1040 g/mol. The summed E-state index contributed by atoms with van der Waals surface area (Å²) in [4.78, 5) is 5.37. The Bertz CT molecular complexity index is 4580. The predicted octanol–water partition coefficient (Wildman–Crippen LogP) is 18.9. The van der Waals surface area contributed by atoms with E-state index in [0.29, 0.717) is 0 Å². The van der Waals surface area contributed by atoms with Crippen LogP contribution in [0.5, 0.6) is 0 Å². The van der Waals surface area contributed by atoms with Crippen LogP contribution in [0.25, 0.3) is 71.6 Å². The fourth-order valence-electron chi connectivity index (χ4n) is 14.5. The maximum absolute atomic E-state index is 2.69. The summed E-state index contributed by atoms with van der Waals surface area (Å²) in [5.41, 5.74) is 29.9. The molecule has 1 aromatic heterocycles. The third-order valence-electron chi connectivity index (χ3n) is 18.4. The summed E-state index contributed by atoms with van der Waals surface area (Å²) in [6.45, 7) is 23.7. The molecule has 0 N–H and O–H groups in total. The zero-order valence-corrected chi connectivity index (χ0v) is 48.2. The van der Waals surface area contributed by atoms with Gasteiger partial charge < -0.3 is 14.4 Å². The van der Waals surface area contributed by atoms with Crippen molar-refractivity contribution in [3.8, 4) is 39.1 Å². The number of nitrogens with zero attached hydrogens (tertiary/aromatic N) is 3. The third kappa shape index (κ3) is 7.35. The molecule has 3 aliphatic rings. The van der Waals surface area contributed by atoms with Crippen molar-refractivity contribution in [2.24, 2.45) is 0 Å². The maximum Gasteiger partial charge on any atom is 0.252 e. The molecule has 81 heavy (non-hydrogen) atoms. The lowest BCUT2D eigenvalue weighted by atomic mass is 9.33. The van der Waals surface area contributed by atoms with Crippen LogP contribution in [-0.2, 0) is 16.2 Å². The Labute approximate surface area is 477 Å². The molecule has 0 saturated heterocycles. The van der Waals surface area contributed by atoms with E-state index in [2.05, 4.69) is 302 Å². The fourth-order valence-corrected chi connectivity index (χ4v) is 14.5. The van der Waals surface area contributed by atoms with Crippen LogP contribution in [0, 0.1) is 13.8 Å². The normalized spacial score (nSPS) is 14.1. The largest absolute Gasteiger partial charge is 0.311 e. The van der Waals surface area contributed by atoms with Crippen LogP contribution in [0.15, 0.2) is 218 Å². The van der Waals surface area contributed by atoms with E-state index in [9.17, 15) is 0 Å². The molecule has 0 radical (unpaired) electrons. The molecule has 1 aliphatic carbocycles. The van der Waals surface area contributed by atoms with Crippen LogP contribution in [0.4, 0.5) is 34.1 Å². The lowest BCUT2D eigenvalue weighted by Crippen LogP contribution is -2.61. The van der Waals surface area contributed by atoms with Crippen molar-refractivity contribution < 1.29 is 0 Å². The van der Waals surface area contributed by atoms with Gasteiger partial charge in [-0.1, -0.05) is 207 Å². The van der Waals surface area contributed by atoms with Crippen molar-refractivity contribution in [2.75, 3.05) is 9.80 Å². The first-order chi connectivity index (χ1) is 39.0. The van der Waals surface area contributed by atoms with Gasteiger partial charge in [-0.3, -0.25) is 0 Å². The molecular weight excluding hydrogens is 978 g/mol. The Balaban J connectivity index is 1.06. The van der Waals surface area contributed by atoms with Crippen LogP contribution < -0.4 is 26.2 Å². The van der Waals surface area contributed by atoms with Crippen molar-refractivity contribution in [1.82, 2.24) is 4.57 Å². The Morgan fingerprint density at radius 1 is 0.395 bits per heavy atom. The van der Waals surface area contributed by atoms with Gasteiger partial charge in [0.05, 0.1) is 22.4 Å². The summed E-state index contributed by atoms with van der Waals surface area (Å²) in [5, 5.41) is 4.93. The highest BCUT2D eigenvalue weighted by Crippen LogP contribution is 2.55. The van der Waals surface area contributed by atoms with Crippen molar-refractivity contribution in [1.29, 1.82) is 0 Å². The second-order valence-electron chi connectivity index (χ2n) is 25.9. The van der Waals surface area contributed by atoms with Gasteiger partial charge in [-0.15, -0.1) is 0 Å². The molecule has 0 atom stereocenters. The Morgan fingerprint density at radius 2 is 0.988 bits per heavy atom. The molecule has 3 nitrogen and oxygen atoms in total. The second kappa shape index (κ2) is 17.6. The smallest absolute Gasteiger partial charge is 0.252 e. The van der Waals surface area contributed by atoms with Gasteiger partial charge in [-0.2, -0.15) is 0 Å². The zero-order valence-electron chi connectivity index (χ0n) is 48.2. The lowest BCUT2D eigenvalue weighted by Gasteiger charge is -2.46. The first-order valence-electron chi connectivity index (χ1n) is 29.0. The highest BCUT2D eigenvalue weighted by atomic mass is 15.2. The Morgan fingerprint density at radius 3 is 1.72 bits per heavy atom. The summed E-state index contributed by atoms with van der Waals surface area (Å²) in [7, 11) is 0. The molecule has 12 aromatic rings. The minimum Gasteiger partial charge on any atom is -0.311 e. The molecule has 0 unspecified atom stereocenters. The number of anilines is 6. The molecule has 0 bridgehead atoms. The standard InChI is InChI=1S/C77H66BN3/c1-47-38-52(56-32-23-33-59-57-30-19-21-34-62(57)77(9,10)72(56)59)39-48(2)74(47)81-68-42-53(75(3,4)5)36-37-63(68)78-64-45-61-58-31-20-22-35-65(58)79(55-28-15-12-16-29-55)67(61)46-69(64)80(70-43-54(76(6,7)8)44-71(81)73(70)78)66-41-51-27-18-17-26-50(51)40-60(66)49-24-13-11-14-25-49/h11-46H,1-10H3. The number of benzene rings is 11. The lowest BCUT2D eigenvalue weighted by molar-refractivity contribution is 0.590. The van der Waals surface area contributed by atoms with E-state index >= 15 is 0 Å². The average Bonchev–Trinajstić information content (AvgIpc) is 4.05. The molecule has 392 valence electrons. The van der Waals surface area contributed by atoms with Gasteiger partial charge in [-0.05, 0) is 180 Å². The topological polar surface area (TPSA) is 11.4 Å². The predicted molar refractivity (Wildman–Crippen MR) is 348 cm³/mol. The number of hydrogen-bond acceptors (Lipinski definition) is 2. The molecule has 3 heterocycles. The van der Waals surface area contributed by atoms with Gasteiger partial charge in [-0.25, -0.2) is 0 Å². The Hall–Kier alpha value is -8.86. The van der Waals surface area contributed by atoms with Crippen LogP contribution in [0.3, 0.4) is 0 Å².